The van der Waals surface area contributed by atoms with E-state index in [1.165, 1.54) is 36.9 Å². The summed E-state index contributed by atoms with van der Waals surface area (Å²) in [5, 5.41) is 3.42. The van der Waals surface area contributed by atoms with Gasteiger partial charge in [0.25, 0.3) is 0 Å². The molecule has 2 fully saturated rings. The Hall–Kier alpha value is -1.35. The van der Waals surface area contributed by atoms with Gasteiger partial charge in [-0.05, 0) is 63.1 Å². The summed E-state index contributed by atoms with van der Waals surface area (Å²) in [5.74, 6) is 1.07. The van der Waals surface area contributed by atoms with Crippen molar-refractivity contribution in [3.8, 4) is 0 Å². The van der Waals surface area contributed by atoms with Crippen LogP contribution in [0.5, 0.6) is 0 Å². The fraction of sp³-hybridized carbons (Fsp3) is 0.667. The summed E-state index contributed by atoms with van der Waals surface area (Å²) in [6, 6.07) is 9.62. The lowest BCUT2D eigenvalue weighted by molar-refractivity contribution is -0.119. The first-order valence-corrected chi connectivity index (χ1v) is 11.7. The number of hydrogen-bond acceptors (Lipinski definition) is 3. The molecular formula is C24H40IN5O. The molecule has 3 N–H and O–H groups in total. The molecule has 1 amide bonds. The van der Waals surface area contributed by atoms with Crippen molar-refractivity contribution in [2.45, 2.75) is 71.5 Å². The summed E-state index contributed by atoms with van der Waals surface area (Å²) in [6.07, 6.45) is 6.61. The number of nitrogens with one attached hydrogen (secondary N) is 1. The molecule has 0 aliphatic carbocycles. The molecule has 31 heavy (non-hydrogen) atoms. The number of primary amides is 1. The minimum Gasteiger partial charge on any atom is -0.370 e. The average molecular weight is 542 g/mol. The Kier molecular flexibility index (Phi) is 11.1. The molecule has 2 heterocycles. The highest BCUT2D eigenvalue weighted by atomic mass is 127. The van der Waals surface area contributed by atoms with Crippen LogP contribution in [0.2, 0.25) is 0 Å². The van der Waals surface area contributed by atoms with Crippen molar-refractivity contribution in [1.29, 1.82) is 0 Å². The number of nitrogens with zero attached hydrogens (tertiary/aromatic N) is 3. The highest BCUT2D eigenvalue weighted by Crippen LogP contribution is 2.21. The van der Waals surface area contributed by atoms with Crippen LogP contribution in [-0.2, 0) is 17.9 Å². The highest BCUT2D eigenvalue weighted by Gasteiger charge is 2.23. The smallest absolute Gasteiger partial charge is 0.217 e. The molecule has 2 saturated heterocycles. The third-order valence-corrected chi connectivity index (χ3v) is 6.40. The lowest BCUT2D eigenvalue weighted by Crippen LogP contribution is -2.47. The first-order valence-electron chi connectivity index (χ1n) is 11.7. The van der Waals surface area contributed by atoms with Crippen molar-refractivity contribution >= 4 is 35.8 Å². The van der Waals surface area contributed by atoms with Gasteiger partial charge in [0.2, 0.25) is 5.91 Å². The summed E-state index contributed by atoms with van der Waals surface area (Å²) in [7, 11) is 0. The molecule has 2 atom stereocenters. The number of halogens is 1. The van der Waals surface area contributed by atoms with Crippen LogP contribution in [-0.4, -0.2) is 53.9 Å². The number of carbonyl (C=O) groups is 1. The molecule has 0 spiro atoms. The van der Waals surface area contributed by atoms with Gasteiger partial charge in [-0.25, -0.2) is 4.99 Å². The van der Waals surface area contributed by atoms with E-state index in [9.17, 15) is 4.79 Å². The van der Waals surface area contributed by atoms with Crippen LogP contribution in [0.1, 0.15) is 63.5 Å². The first-order chi connectivity index (χ1) is 14.5. The zero-order chi connectivity index (χ0) is 21.3. The van der Waals surface area contributed by atoms with Crippen molar-refractivity contribution in [3.05, 3.63) is 35.4 Å². The van der Waals surface area contributed by atoms with Crippen molar-refractivity contribution in [3.63, 3.8) is 0 Å². The lowest BCUT2D eigenvalue weighted by Gasteiger charge is -2.34. The third-order valence-electron chi connectivity index (χ3n) is 6.40. The van der Waals surface area contributed by atoms with E-state index in [2.05, 4.69) is 53.2 Å². The molecule has 0 aromatic heterocycles. The van der Waals surface area contributed by atoms with Crippen LogP contribution in [0, 0.1) is 5.92 Å². The number of piperidine rings is 2. The van der Waals surface area contributed by atoms with E-state index < -0.39 is 0 Å². The molecule has 6 nitrogen and oxygen atoms in total. The molecule has 7 heteroatoms. The molecule has 1 aromatic carbocycles. The van der Waals surface area contributed by atoms with Gasteiger partial charge in [-0.3, -0.25) is 9.69 Å². The molecule has 2 unspecified atom stereocenters. The van der Waals surface area contributed by atoms with E-state index in [1.54, 1.807) is 0 Å². The number of benzene rings is 1. The Morgan fingerprint density at radius 3 is 2.55 bits per heavy atom. The molecule has 174 valence electrons. The van der Waals surface area contributed by atoms with Gasteiger partial charge in [0.1, 0.15) is 0 Å². The topological polar surface area (TPSA) is 74.0 Å². The zero-order valence-electron chi connectivity index (χ0n) is 19.2. The predicted octanol–water partition coefficient (Wildman–Crippen LogP) is 3.73. The number of amides is 1. The van der Waals surface area contributed by atoms with Crippen molar-refractivity contribution in [2.75, 3.05) is 26.2 Å². The molecule has 2 aliphatic rings. The molecular weight excluding hydrogens is 501 g/mol. The number of hydrogen-bond donors (Lipinski definition) is 2. The highest BCUT2D eigenvalue weighted by molar-refractivity contribution is 14.0. The third kappa shape index (κ3) is 8.25. The minimum atomic E-state index is -0.206. The number of likely N-dealkylation sites (tertiary alicyclic amines) is 2. The summed E-state index contributed by atoms with van der Waals surface area (Å²) in [5.41, 5.74) is 8.02. The van der Waals surface area contributed by atoms with Crippen molar-refractivity contribution in [2.24, 2.45) is 16.6 Å². The predicted molar refractivity (Wildman–Crippen MR) is 139 cm³/mol. The van der Waals surface area contributed by atoms with Gasteiger partial charge < -0.3 is 16.0 Å². The molecule has 0 saturated carbocycles. The summed E-state index contributed by atoms with van der Waals surface area (Å²) >= 11 is 0. The lowest BCUT2D eigenvalue weighted by atomic mass is 9.95. The maximum absolute atomic E-state index is 11.3. The van der Waals surface area contributed by atoms with E-state index >= 15 is 0 Å². The molecule has 2 aliphatic heterocycles. The number of nitrogens with two attached hydrogens (primary N) is 1. The van der Waals surface area contributed by atoms with Crippen LogP contribution < -0.4 is 11.1 Å². The summed E-state index contributed by atoms with van der Waals surface area (Å²) < 4.78 is 0. The van der Waals surface area contributed by atoms with Gasteiger partial charge in [-0.2, -0.15) is 0 Å². The van der Waals surface area contributed by atoms with E-state index in [0.717, 1.165) is 45.0 Å². The number of aliphatic imine (C=N–C) groups is 1. The van der Waals surface area contributed by atoms with Gasteiger partial charge in [0.05, 0.1) is 6.54 Å². The largest absolute Gasteiger partial charge is 0.370 e. The van der Waals surface area contributed by atoms with Gasteiger partial charge in [-0.1, -0.05) is 30.7 Å². The monoisotopic (exact) mass is 541 g/mol. The van der Waals surface area contributed by atoms with E-state index in [1.807, 2.05) is 0 Å². The average Bonchev–Trinajstić information content (AvgIpc) is 2.73. The van der Waals surface area contributed by atoms with Crippen LogP contribution in [0.4, 0.5) is 0 Å². The van der Waals surface area contributed by atoms with Crippen molar-refractivity contribution in [1.82, 2.24) is 15.1 Å². The first kappa shape index (κ1) is 25.9. The maximum atomic E-state index is 11.3. The standard InChI is InChI=1S/C24H39N5O.HI/c1-3-26-24(29-14-6-8-22(18-29)15-23(25)30)27-16-20-9-11-21(12-10-20)17-28-13-5-4-7-19(28)2;/h9-12,19,22H,3-8,13-18H2,1-2H3,(H2,25,30)(H,26,27);1H. The number of rotatable bonds is 7. The van der Waals surface area contributed by atoms with E-state index in [-0.39, 0.29) is 29.9 Å². The normalized spacial score (nSPS) is 22.6. The van der Waals surface area contributed by atoms with Crippen LogP contribution in [0.3, 0.4) is 0 Å². The van der Waals surface area contributed by atoms with E-state index in [0.29, 0.717) is 24.9 Å². The van der Waals surface area contributed by atoms with Crippen LogP contribution in [0.15, 0.2) is 29.3 Å². The second-order valence-corrected chi connectivity index (χ2v) is 8.93. The van der Waals surface area contributed by atoms with Gasteiger partial charge >= 0.3 is 0 Å². The zero-order valence-corrected chi connectivity index (χ0v) is 21.5. The number of carbonyl (C=O) groups excluding carboxylic acids is 1. The summed E-state index contributed by atoms with van der Waals surface area (Å²) in [6.45, 7) is 10.0. The Labute approximate surface area is 205 Å². The SMILES string of the molecule is CCNC(=NCc1ccc(CN2CCCCC2C)cc1)N1CCCC(CC(N)=O)C1.I. The molecule has 0 radical (unpaired) electrons. The second-order valence-electron chi connectivity index (χ2n) is 8.93. The quantitative estimate of drug-likeness (QED) is 0.314. The maximum Gasteiger partial charge on any atom is 0.217 e. The Morgan fingerprint density at radius 2 is 1.87 bits per heavy atom. The van der Waals surface area contributed by atoms with Gasteiger partial charge in [0, 0.05) is 38.6 Å². The van der Waals surface area contributed by atoms with Crippen molar-refractivity contribution < 1.29 is 4.79 Å². The Balaban J connectivity index is 0.00000341. The molecule has 1 aromatic rings. The van der Waals surface area contributed by atoms with Gasteiger partial charge in [0.15, 0.2) is 5.96 Å². The fourth-order valence-electron chi connectivity index (χ4n) is 4.68. The molecule has 3 rings (SSSR count). The van der Waals surface area contributed by atoms with Gasteiger partial charge in [-0.15, -0.1) is 24.0 Å². The summed E-state index contributed by atoms with van der Waals surface area (Å²) in [4.78, 5) is 21.1. The minimum absolute atomic E-state index is 0. The van der Waals surface area contributed by atoms with Crippen LogP contribution in [0.25, 0.3) is 0 Å². The fourth-order valence-corrected chi connectivity index (χ4v) is 4.68. The Morgan fingerprint density at radius 1 is 1.13 bits per heavy atom. The van der Waals surface area contributed by atoms with E-state index in [4.69, 9.17) is 10.7 Å². The second kappa shape index (κ2) is 13.3. The number of guanidine groups is 1. The van der Waals surface area contributed by atoms with Crippen LogP contribution >= 0.6 is 24.0 Å². The molecule has 0 bridgehead atoms. The Bertz CT molecular complexity index is 708.